The number of likely N-dealkylation sites (tertiary alicyclic amines) is 1. The summed E-state index contributed by atoms with van der Waals surface area (Å²) in [7, 11) is 0. The zero-order chi connectivity index (χ0) is 13.8. The topological polar surface area (TPSA) is 54.5 Å². The van der Waals surface area contributed by atoms with Gasteiger partial charge in [-0.15, -0.1) is 0 Å². The molecule has 3 heterocycles. The van der Waals surface area contributed by atoms with Gasteiger partial charge in [0, 0.05) is 25.9 Å². The first-order valence-electron chi connectivity index (χ1n) is 7.41. The number of hydrogen-bond donors (Lipinski definition) is 1. The number of rotatable bonds is 3. The molecule has 2 aliphatic heterocycles. The van der Waals surface area contributed by atoms with Gasteiger partial charge in [0.1, 0.15) is 0 Å². The summed E-state index contributed by atoms with van der Waals surface area (Å²) in [6.45, 7) is 2.24. The van der Waals surface area contributed by atoms with Crippen molar-refractivity contribution in [2.45, 2.75) is 37.8 Å². The van der Waals surface area contributed by atoms with Gasteiger partial charge in [0.05, 0.1) is 17.8 Å². The molecule has 0 radical (unpaired) electrons. The number of ether oxygens (including phenoxy) is 1. The molecule has 5 nitrogen and oxygen atoms in total. The van der Waals surface area contributed by atoms with Crippen LogP contribution in [0.3, 0.4) is 0 Å². The minimum absolute atomic E-state index is 0.00801. The summed E-state index contributed by atoms with van der Waals surface area (Å²) in [6.07, 6.45) is 6.15. The standard InChI is InChI=1S/C15H21N3O2/c19-15(17-11-12-5-4-10-20-12)18-9-3-7-14(18)13-6-1-2-8-16-13/h1-2,6,8,12,14H,3-5,7,9-11H2,(H,17,19)/t12-,14+/m1/s1. The van der Waals surface area contributed by atoms with E-state index in [-0.39, 0.29) is 18.2 Å². The maximum absolute atomic E-state index is 12.3. The maximum atomic E-state index is 12.3. The molecule has 3 rings (SSSR count). The highest BCUT2D eigenvalue weighted by molar-refractivity contribution is 5.75. The number of carbonyl (C=O) groups is 1. The number of hydrogen-bond acceptors (Lipinski definition) is 3. The number of aromatic nitrogens is 1. The predicted molar refractivity (Wildman–Crippen MR) is 75.3 cm³/mol. The van der Waals surface area contributed by atoms with Gasteiger partial charge in [0.15, 0.2) is 0 Å². The predicted octanol–water partition coefficient (Wildman–Crippen LogP) is 2.11. The highest BCUT2D eigenvalue weighted by Gasteiger charge is 2.31. The zero-order valence-corrected chi connectivity index (χ0v) is 11.6. The molecule has 1 N–H and O–H groups in total. The Bertz CT molecular complexity index is 446. The number of nitrogens with zero attached hydrogens (tertiary/aromatic N) is 2. The molecule has 0 unspecified atom stereocenters. The average molecular weight is 275 g/mol. The first-order chi connectivity index (χ1) is 9.84. The summed E-state index contributed by atoms with van der Waals surface area (Å²) < 4.78 is 5.53. The lowest BCUT2D eigenvalue weighted by Gasteiger charge is -2.25. The van der Waals surface area contributed by atoms with E-state index in [0.29, 0.717) is 6.54 Å². The number of carbonyl (C=O) groups excluding carboxylic acids is 1. The van der Waals surface area contributed by atoms with Gasteiger partial charge in [-0.25, -0.2) is 4.79 Å². The van der Waals surface area contributed by atoms with E-state index < -0.39 is 0 Å². The van der Waals surface area contributed by atoms with Crippen molar-refractivity contribution in [2.24, 2.45) is 0 Å². The van der Waals surface area contributed by atoms with Crippen LogP contribution in [0.5, 0.6) is 0 Å². The maximum Gasteiger partial charge on any atom is 0.318 e. The molecule has 1 aromatic heterocycles. The van der Waals surface area contributed by atoms with Crippen LogP contribution in [0.2, 0.25) is 0 Å². The molecule has 20 heavy (non-hydrogen) atoms. The van der Waals surface area contributed by atoms with Crippen molar-refractivity contribution < 1.29 is 9.53 Å². The lowest BCUT2D eigenvalue weighted by molar-refractivity contribution is 0.108. The minimum Gasteiger partial charge on any atom is -0.376 e. The molecule has 2 aliphatic rings. The fourth-order valence-corrected chi connectivity index (χ4v) is 3.00. The van der Waals surface area contributed by atoms with Crippen molar-refractivity contribution >= 4 is 6.03 Å². The molecular weight excluding hydrogens is 254 g/mol. The Morgan fingerprint density at radius 1 is 1.40 bits per heavy atom. The van der Waals surface area contributed by atoms with E-state index in [2.05, 4.69) is 10.3 Å². The number of urea groups is 1. The van der Waals surface area contributed by atoms with E-state index >= 15 is 0 Å². The second-order valence-electron chi connectivity index (χ2n) is 5.43. The number of nitrogens with one attached hydrogen (secondary N) is 1. The van der Waals surface area contributed by atoms with Gasteiger partial charge in [-0.05, 0) is 37.8 Å². The Balaban J connectivity index is 1.58. The molecule has 0 bridgehead atoms. The van der Waals surface area contributed by atoms with Crippen molar-refractivity contribution in [1.82, 2.24) is 15.2 Å². The van der Waals surface area contributed by atoms with Gasteiger partial charge in [0.2, 0.25) is 0 Å². The van der Waals surface area contributed by atoms with E-state index in [1.807, 2.05) is 23.1 Å². The van der Waals surface area contributed by atoms with Gasteiger partial charge >= 0.3 is 6.03 Å². The molecule has 1 aromatic rings. The molecule has 108 valence electrons. The van der Waals surface area contributed by atoms with Crippen LogP contribution in [0.4, 0.5) is 4.79 Å². The Hall–Kier alpha value is -1.62. The third-order valence-corrected chi connectivity index (χ3v) is 4.05. The van der Waals surface area contributed by atoms with Crippen LogP contribution in [-0.4, -0.2) is 41.7 Å². The van der Waals surface area contributed by atoms with E-state index in [0.717, 1.165) is 44.5 Å². The quantitative estimate of drug-likeness (QED) is 0.919. The molecule has 5 heteroatoms. The molecule has 0 saturated carbocycles. The smallest absolute Gasteiger partial charge is 0.318 e. The van der Waals surface area contributed by atoms with Gasteiger partial charge in [-0.1, -0.05) is 6.07 Å². The van der Waals surface area contributed by atoms with Crippen LogP contribution >= 0.6 is 0 Å². The minimum atomic E-state index is 0.00801. The van der Waals surface area contributed by atoms with E-state index in [1.54, 1.807) is 6.20 Å². The van der Waals surface area contributed by atoms with Crippen LogP contribution in [-0.2, 0) is 4.74 Å². The third-order valence-electron chi connectivity index (χ3n) is 4.05. The molecule has 0 aliphatic carbocycles. The average Bonchev–Trinajstić information content (AvgIpc) is 3.17. The summed E-state index contributed by atoms with van der Waals surface area (Å²) >= 11 is 0. The Morgan fingerprint density at radius 3 is 3.10 bits per heavy atom. The van der Waals surface area contributed by atoms with Crippen LogP contribution in [0.1, 0.15) is 37.4 Å². The Labute approximate surface area is 119 Å². The van der Waals surface area contributed by atoms with Gasteiger partial charge in [-0.3, -0.25) is 4.98 Å². The van der Waals surface area contributed by atoms with Crippen LogP contribution in [0.25, 0.3) is 0 Å². The van der Waals surface area contributed by atoms with Crippen molar-refractivity contribution in [3.63, 3.8) is 0 Å². The summed E-state index contributed by atoms with van der Waals surface area (Å²) in [4.78, 5) is 18.6. The Kier molecular flexibility index (Phi) is 4.16. The highest BCUT2D eigenvalue weighted by atomic mass is 16.5. The first-order valence-corrected chi connectivity index (χ1v) is 7.41. The monoisotopic (exact) mass is 275 g/mol. The summed E-state index contributed by atoms with van der Waals surface area (Å²) in [5.41, 5.74) is 0.984. The first kappa shape index (κ1) is 13.4. The number of amides is 2. The molecule has 2 atom stereocenters. The molecule has 0 aromatic carbocycles. The fourth-order valence-electron chi connectivity index (χ4n) is 3.00. The summed E-state index contributed by atoms with van der Waals surface area (Å²) in [6, 6.07) is 5.99. The van der Waals surface area contributed by atoms with E-state index in [9.17, 15) is 4.79 Å². The van der Waals surface area contributed by atoms with Crippen molar-refractivity contribution in [3.05, 3.63) is 30.1 Å². The molecule has 0 spiro atoms. The second kappa shape index (κ2) is 6.22. The zero-order valence-electron chi connectivity index (χ0n) is 11.6. The SMILES string of the molecule is O=C(NC[C@H]1CCCO1)N1CCC[C@H]1c1ccccn1. The highest BCUT2D eigenvalue weighted by Crippen LogP contribution is 2.30. The number of pyridine rings is 1. The largest absolute Gasteiger partial charge is 0.376 e. The summed E-state index contributed by atoms with van der Waals surface area (Å²) in [5, 5.41) is 3.00. The van der Waals surface area contributed by atoms with Gasteiger partial charge < -0.3 is 15.0 Å². The summed E-state index contributed by atoms with van der Waals surface area (Å²) in [5.74, 6) is 0. The van der Waals surface area contributed by atoms with Gasteiger partial charge in [-0.2, -0.15) is 0 Å². The fraction of sp³-hybridized carbons (Fsp3) is 0.600. The normalized spacial score (nSPS) is 25.9. The van der Waals surface area contributed by atoms with Crippen molar-refractivity contribution in [1.29, 1.82) is 0 Å². The van der Waals surface area contributed by atoms with Crippen molar-refractivity contribution in [3.8, 4) is 0 Å². The molecular formula is C15H21N3O2. The van der Waals surface area contributed by atoms with Crippen LogP contribution < -0.4 is 5.32 Å². The van der Waals surface area contributed by atoms with E-state index in [1.165, 1.54) is 0 Å². The van der Waals surface area contributed by atoms with Crippen LogP contribution in [0.15, 0.2) is 24.4 Å². The molecule has 2 amide bonds. The lowest BCUT2D eigenvalue weighted by Crippen LogP contribution is -2.42. The van der Waals surface area contributed by atoms with Crippen molar-refractivity contribution in [2.75, 3.05) is 19.7 Å². The second-order valence-corrected chi connectivity index (χ2v) is 5.43. The van der Waals surface area contributed by atoms with Crippen LogP contribution in [0, 0.1) is 0 Å². The molecule has 2 fully saturated rings. The Morgan fingerprint density at radius 2 is 2.35 bits per heavy atom. The molecule has 2 saturated heterocycles. The lowest BCUT2D eigenvalue weighted by atomic mass is 10.1. The van der Waals surface area contributed by atoms with Gasteiger partial charge in [0.25, 0.3) is 0 Å². The van der Waals surface area contributed by atoms with E-state index in [4.69, 9.17) is 4.74 Å². The third kappa shape index (κ3) is 2.93.